The van der Waals surface area contributed by atoms with E-state index in [0.717, 1.165) is 29.3 Å². The molecule has 0 radical (unpaired) electrons. The molecule has 0 unspecified atom stereocenters. The van der Waals surface area contributed by atoms with Crippen LogP contribution in [0.25, 0.3) is 10.9 Å². The van der Waals surface area contributed by atoms with Crippen molar-refractivity contribution in [2.45, 2.75) is 70.4 Å². The minimum atomic E-state index is -0.261. The average Bonchev–Trinajstić information content (AvgIpc) is 3.67. The van der Waals surface area contributed by atoms with Gasteiger partial charge in [-0.05, 0) is 76.0 Å². The Bertz CT molecular complexity index is 1340. The molecule has 3 aromatic rings. The Morgan fingerprint density at radius 3 is 2.44 bits per heavy atom. The molecule has 8 heteroatoms. The molecule has 0 aliphatic heterocycles. The van der Waals surface area contributed by atoms with E-state index in [2.05, 4.69) is 32.2 Å². The molecule has 0 bridgehead atoms. The summed E-state index contributed by atoms with van der Waals surface area (Å²) < 4.78 is 6.71. The lowest BCUT2D eigenvalue weighted by atomic mass is 9.86. The fourth-order valence-electron chi connectivity index (χ4n) is 5.09. The number of nitrogens with zero attached hydrogens (tertiary/aromatic N) is 4. The molecular formula is C28H31N5O3. The highest BCUT2D eigenvalue weighted by atomic mass is 16.5. The van der Waals surface area contributed by atoms with Crippen LogP contribution in [-0.2, 0) is 9.53 Å². The number of methoxy groups -OCH3 is 1. The molecule has 2 aromatic heterocycles. The summed E-state index contributed by atoms with van der Waals surface area (Å²) >= 11 is 0. The van der Waals surface area contributed by atoms with Crippen molar-refractivity contribution in [2.75, 3.05) is 7.11 Å². The molecule has 36 heavy (non-hydrogen) atoms. The van der Waals surface area contributed by atoms with Gasteiger partial charge in [0.15, 0.2) is 5.82 Å². The quantitative estimate of drug-likeness (QED) is 0.416. The van der Waals surface area contributed by atoms with Crippen LogP contribution in [0.2, 0.25) is 0 Å². The molecule has 1 amide bonds. The zero-order chi connectivity index (χ0) is 25.2. The monoisotopic (exact) mass is 485 g/mol. The fourth-order valence-corrected chi connectivity index (χ4v) is 5.09. The first-order chi connectivity index (χ1) is 17.5. The van der Waals surface area contributed by atoms with E-state index in [1.807, 2.05) is 36.1 Å². The van der Waals surface area contributed by atoms with E-state index >= 15 is 0 Å². The first kappa shape index (κ1) is 24.0. The molecule has 186 valence electrons. The van der Waals surface area contributed by atoms with Gasteiger partial charge in [-0.3, -0.25) is 14.3 Å². The maximum absolute atomic E-state index is 13.5. The van der Waals surface area contributed by atoms with Crippen molar-refractivity contribution < 1.29 is 14.3 Å². The molecule has 1 aromatic carbocycles. The molecule has 1 atom stereocenters. The Balaban J connectivity index is 1.43. The Morgan fingerprint density at radius 2 is 1.81 bits per heavy atom. The number of benzene rings is 1. The first-order valence-electron chi connectivity index (χ1n) is 12.6. The Hall–Kier alpha value is -3.73. The van der Waals surface area contributed by atoms with Crippen molar-refractivity contribution in [1.29, 1.82) is 0 Å². The number of esters is 1. The number of hydrogen-bond donors (Lipinski definition) is 1. The van der Waals surface area contributed by atoms with Crippen LogP contribution >= 0.6 is 0 Å². The predicted molar refractivity (Wildman–Crippen MR) is 135 cm³/mol. The lowest BCUT2D eigenvalue weighted by molar-refractivity contribution is -0.146. The SMILES string of the molecule is CC#Cc1ccc(C(=O)NC2CCC(C(=O)OC)CC2)c2c1cnn2[C@@H](C)c1ncc(C2CC2)cn1. The van der Waals surface area contributed by atoms with Crippen LogP contribution in [0, 0.1) is 17.8 Å². The van der Waals surface area contributed by atoms with Gasteiger partial charge in [0.1, 0.15) is 6.04 Å². The number of hydrogen-bond acceptors (Lipinski definition) is 6. The van der Waals surface area contributed by atoms with Gasteiger partial charge in [0.05, 0.1) is 30.3 Å². The van der Waals surface area contributed by atoms with Crippen LogP contribution in [-0.4, -0.2) is 44.8 Å². The Kier molecular flexibility index (Phi) is 6.73. The predicted octanol–water partition coefficient (Wildman–Crippen LogP) is 4.15. The first-order valence-corrected chi connectivity index (χ1v) is 12.6. The molecule has 0 spiro atoms. The zero-order valence-corrected chi connectivity index (χ0v) is 21.0. The van der Waals surface area contributed by atoms with E-state index in [1.165, 1.54) is 25.5 Å². The second kappa shape index (κ2) is 10.1. The van der Waals surface area contributed by atoms with Crippen molar-refractivity contribution in [1.82, 2.24) is 25.1 Å². The van der Waals surface area contributed by atoms with Crippen LogP contribution in [0.15, 0.2) is 30.7 Å². The topological polar surface area (TPSA) is 99.0 Å². The van der Waals surface area contributed by atoms with Gasteiger partial charge in [0.2, 0.25) is 0 Å². The summed E-state index contributed by atoms with van der Waals surface area (Å²) in [5.41, 5.74) is 3.27. The van der Waals surface area contributed by atoms with Gasteiger partial charge in [-0.25, -0.2) is 9.97 Å². The highest BCUT2D eigenvalue weighted by Gasteiger charge is 2.29. The van der Waals surface area contributed by atoms with Crippen LogP contribution in [0.5, 0.6) is 0 Å². The van der Waals surface area contributed by atoms with Crippen molar-refractivity contribution in [3.8, 4) is 11.8 Å². The normalized spacial score (nSPS) is 20.3. The van der Waals surface area contributed by atoms with Crippen molar-refractivity contribution in [2.24, 2.45) is 5.92 Å². The van der Waals surface area contributed by atoms with Crippen molar-refractivity contribution in [3.63, 3.8) is 0 Å². The summed E-state index contributed by atoms with van der Waals surface area (Å²) in [4.78, 5) is 34.6. The number of fused-ring (bicyclic) bond motifs is 1. The van der Waals surface area contributed by atoms with Crippen LogP contribution < -0.4 is 5.32 Å². The number of aromatic nitrogens is 4. The van der Waals surface area contributed by atoms with Crippen LogP contribution in [0.3, 0.4) is 0 Å². The second-order valence-electron chi connectivity index (χ2n) is 9.76. The number of carbonyl (C=O) groups is 2. The molecule has 2 fully saturated rings. The third-order valence-electron chi connectivity index (χ3n) is 7.34. The molecule has 0 saturated heterocycles. The number of ether oxygens (including phenoxy) is 1. The molecular weight excluding hydrogens is 454 g/mol. The standard InChI is InChI=1S/C28H31N5O3/c1-4-5-19-10-13-23(27(34)32-22-11-8-20(9-12-22)28(35)36-3)25-24(19)16-31-33(25)17(2)26-29-14-21(15-30-26)18-6-7-18/h10,13-18,20,22H,6-9,11-12H2,1-3H3,(H,32,34)/t17-,20?,22?/m0/s1. The molecule has 1 N–H and O–H groups in total. The number of rotatable bonds is 6. The van der Waals surface area contributed by atoms with E-state index in [4.69, 9.17) is 4.74 Å². The minimum Gasteiger partial charge on any atom is -0.469 e. The molecule has 5 rings (SSSR count). The van der Waals surface area contributed by atoms with Crippen molar-refractivity contribution >= 4 is 22.8 Å². The van der Waals surface area contributed by atoms with Gasteiger partial charge in [-0.15, -0.1) is 5.92 Å². The van der Waals surface area contributed by atoms with E-state index < -0.39 is 0 Å². The highest BCUT2D eigenvalue weighted by Crippen LogP contribution is 2.39. The lowest BCUT2D eigenvalue weighted by Gasteiger charge is -2.27. The summed E-state index contributed by atoms with van der Waals surface area (Å²) in [6, 6.07) is 3.44. The van der Waals surface area contributed by atoms with Gasteiger partial charge in [0, 0.05) is 29.4 Å². The average molecular weight is 486 g/mol. The third-order valence-corrected chi connectivity index (χ3v) is 7.34. The lowest BCUT2D eigenvalue weighted by Crippen LogP contribution is -2.39. The molecule has 2 saturated carbocycles. The molecule has 2 heterocycles. The summed E-state index contributed by atoms with van der Waals surface area (Å²) in [6.45, 7) is 3.78. The third kappa shape index (κ3) is 4.70. The van der Waals surface area contributed by atoms with Gasteiger partial charge in [-0.1, -0.05) is 5.92 Å². The van der Waals surface area contributed by atoms with Gasteiger partial charge in [0.25, 0.3) is 5.91 Å². The van der Waals surface area contributed by atoms with Gasteiger partial charge < -0.3 is 10.1 Å². The maximum Gasteiger partial charge on any atom is 0.308 e. The smallest absolute Gasteiger partial charge is 0.308 e. The number of carbonyl (C=O) groups excluding carboxylic acids is 2. The van der Waals surface area contributed by atoms with E-state index in [1.54, 1.807) is 13.1 Å². The maximum atomic E-state index is 13.5. The van der Waals surface area contributed by atoms with E-state index in [0.29, 0.717) is 30.1 Å². The van der Waals surface area contributed by atoms with Crippen LogP contribution in [0.4, 0.5) is 0 Å². The summed E-state index contributed by atoms with van der Waals surface area (Å²) in [6.07, 6.45) is 10.9. The molecule has 2 aliphatic carbocycles. The summed E-state index contributed by atoms with van der Waals surface area (Å²) in [5.74, 6) is 6.92. The van der Waals surface area contributed by atoms with Crippen LogP contribution in [0.1, 0.15) is 91.6 Å². The summed E-state index contributed by atoms with van der Waals surface area (Å²) in [5, 5.41) is 8.66. The molecule has 2 aliphatic rings. The minimum absolute atomic E-state index is 0.00987. The fraction of sp³-hybridized carbons (Fsp3) is 0.464. The highest BCUT2D eigenvalue weighted by molar-refractivity contribution is 6.07. The van der Waals surface area contributed by atoms with Crippen molar-refractivity contribution in [3.05, 3.63) is 53.2 Å². The van der Waals surface area contributed by atoms with Gasteiger partial charge in [-0.2, -0.15) is 5.10 Å². The zero-order valence-electron chi connectivity index (χ0n) is 21.0. The summed E-state index contributed by atoms with van der Waals surface area (Å²) in [7, 11) is 1.42. The second-order valence-corrected chi connectivity index (χ2v) is 9.76. The Labute approximate surface area is 210 Å². The number of nitrogens with one attached hydrogen (secondary N) is 1. The van der Waals surface area contributed by atoms with E-state index in [-0.39, 0.29) is 29.9 Å². The molecule has 8 nitrogen and oxygen atoms in total. The number of amides is 1. The Morgan fingerprint density at radius 1 is 1.08 bits per heavy atom. The largest absolute Gasteiger partial charge is 0.469 e. The van der Waals surface area contributed by atoms with Gasteiger partial charge >= 0.3 is 5.97 Å². The van der Waals surface area contributed by atoms with E-state index in [9.17, 15) is 9.59 Å².